The predicted octanol–water partition coefficient (Wildman–Crippen LogP) is 3.42. The Balaban J connectivity index is 2.02. The zero-order valence-corrected chi connectivity index (χ0v) is 11.3. The number of thiazole rings is 2. The maximum atomic E-state index is 5.84. The molecule has 0 aliphatic heterocycles. The molecular weight excluding hydrogens is 262 g/mol. The van der Waals surface area contributed by atoms with Crippen molar-refractivity contribution >= 4 is 34.3 Å². The molecule has 0 fully saturated rings. The number of nitrogens with zero attached hydrogens (tertiary/aromatic N) is 2. The van der Waals surface area contributed by atoms with Crippen molar-refractivity contribution in [2.24, 2.45) is 0 Å². The van der Waals surface area contributed by atoms with E-state index < -0.39 is 0 Å². The van der Waals surface area contributed by atoms with Crippen LogP contribution in [0.5, 0.6) is 0 Å². The van der Waals surface area contributed by atoms with Gasteiger partial charge in [0.1, 0.15) is 4.34 Å². The Labute approximate surface area is 108 Å². The van der Waals surface area contributed by atoms with Crippen LogP contribution in [-0.2, 0) is 6.54 Å². The summed E-state index contributed by atoms with van der Waals surface area (Å²) in [5.74, 6) is 0. The van der Waals surface area contributed by atoms with E-state index in [-0.39, 0.29) is 0 Å². The van der Waals surface area contributed by atoms with Gasteiger partial charge < -0.3 is 5.32 Å². The minimum atomic E-state index is 0.704. The number of aromatic nitrogens is 2. The molecule has 0 unspecified atom stereocenters. The third-order valence-corrected chi connectivity index (χ3v) is 4.09. The summed E-state index contributed by atoms with van der Waals surface area (Å²) in [6.45, 7) is 4.00. The fraction of sp³-hybridized carbons (Fsp3) is 0.400. The lowest BCUT2D eigenvalue weighted by Crippen LogP contribution is -2.13. The van der Waals surface area contributed by atoms with Crippen molar-refractivity contribution in [2.75, 3.05) is 6.54 Å². The van der Waals surface area contributed by atoms with Crippen molar-refractivity contribution in [3.05, 3.63) is 21.6 Å². The second-order valence-corrected chi connectivity index (χ2v) is 5.81. The van der Waals surface area contributed by atoms with Crippen LogP contribution in [0, 0.1) is 0 Å². The van der Waals surface area contributed by atoms with E-state index in [4.69, 9.17) is 11.6 Å². The Bertz CT molecular complexity index is 452. The topological polar surface area (TPSA) is 37.8 Å². The lowest BCUT2D eigenvalue weighted by molar-refractivity contribution is 0.667. The van der Waals surface area contributed by atoms with Gasteiger partial charge in [-0.1, -0.05) is 29.9 Å². The van der Waals surface area contributed by atoms with Crippen LogP contribution in [0.25, 0.3) is 10.0 Å². The van der Waals surface area contributed by atoms with Crippen molar-refractivity contribution < 1.29 is 0 Å². The van der Waals surface area contributed by atoms with Crippen molar-refractivity contribution in [1.29, 1.82) is 0 Å². The molecule has 0 aliphatic rings. The summed E-state index contributed by atoms with van der Waals surface area (Å²) in [4.78, 5) is 8.72. The Morgan fingerprint density at radius 3 is 3.00 bits per heavy atom. The van der Waals surface area contributed by atoms with Crippen LogP contribution >= 0.6 is 34.3 Å². The van der Waals surface area contributed by atoms with E-state index in [0.29, 0.717) is 4.34 Å². The van der Waals surface area contributed by atoms with E-state index in [1.165, 1.54) is 11.3 Å². The first-order valence-corrected chi connectivity index (χ1v) is 7.14. The van der Waals surface area contributed by atoms with Crippen molar-refractivity contribution in [2.45, 2.75) is 19.9 Å². The van der Waals surface area contributed by atoms with E-state index in [2.05, 4.69) is 27.6 Å². The summed E-state index contributed by atoms with van der Waals surface area (Å²) in [6.07, 6.45) is 2.80. The van der Waals surface area contributed by atoms with Crippen molar-refractivity contribution in [3.63, 3.8) is 0 Å². The lowest BCUT2D eigenvalue weighted by Gasteiger charge is -1.97. The molecule has 0 spiro atoms. The molecule has 0 aromatic carbocycles. The summed E-state index contributed by atoms with van der Waals surface area (Å²) < 4.78 is 0.704. The SMILES string of the molecule is CCCNCc1csc(-c2ncc(Cl)s2)n1. The molecule has 3 nitrogen and oxygen atoms in total. The molecule has 0 amide bonds. The molecule has 2 aromatic rings. The molecule has 0 radical (unpaired) electrons. The van der Waals surface area contributed by atoms with Gasteiger partial charge in [-0.25, -0.2) is 9.97 Å². The first kappa shape index (κ1) is 12.0. The normalized spacial score (nSPS) is 10.9. The molecule has 86 valence electrons. The van der Waals surface area contributed by atoms with Crippen LogP contribution in [0.3, 0.4) is 0 Å². The van der Waals surface area contributed by atoms with Crippen LogP contribution in [0.15, 0.2) is 11.6 Å². The van der Waals surface area contributed by atoms with E-state index in [9.17, 15) is 0 Å². The highest BCUT2D eigenvalue weighted by Gasteiger charge is 2.08. The first-order chi connectivity index (χ1) is 7.79. The van der Waals surface area contributed by atoms with Crippen LogP contribution < -0.4 is 5.32 Å². The molecule has 16 heavy (non-hydrogen) atoms. The molecule has 6 heteroatoms. The maximum absolute atomic E-state index is 5.84. The fourth-order valence-corrected chi connectivity index (χ4v) is 3.01. The number of halogens is 1. The van der Waals surface area contributed by atoms with Gasteiger partial charge in [0, 0.05) is 11.9 Å². The summed E-state index contributed by atoms with van der Waals surface area (Å²) in [5.41, 5.74) is 1.07. The van der Waals surface area contributed by atoms with E-state index >= 15 is 0 Å². The van der Waals surface area contributed by atoms with Gasteiger partial charge in [0.05, 0.1) is 11.9 Å². The fourth-order valence-electron chi connectivity index (χ4n) is 1.23. The van der Waals surface area contributed by atoms with Crippen molar-refractivity contribution in [1.82, 2.24) is 15.3 Å². The van der Waals surface area contributed by atoms with Gasteiger partial charge in [0.25, 0.3) is 0 Å². The summed E-state index contributed by atoms with van der Waals surface area (Å²) in [5, 5.41) is 7.23. The quantitative estimate of drug-likeness (QED) is 0.849. The van der Waals surface area contributed by atoms with Gasteiger partial charge >= 0.3 is 0 Å². The second-order valence-electron chi connectivity index (χ2n) is 3.29. The number of hydrogen-bond acceptors (Lipinski definition) is 5. The Hall–Kier alpha value is -0.490. The number of nitrogens with one attached hydrogen (secondary N) is 1. The molecule has 0 saturated heterocycles. The number of rotatable bonds is 5. The average molecular weight is 274 g/mol. The van der Waals surface area contributed by atoms with E-state index in [1.807, 2.05) is 0 Å². The van der Waals surface area contributed by atoms with Gasteiger partial charge in [0.2, 0.25) is 0 Å². The van der Waals surface area contributed by atoms with Crippen molar-refractivity contribution in [3.8, 4) is 10.0 Å². The molecule has 2 rings (SSSR count). The van der Waals surface area contributed by atoms with Gasteiger partial charge in [-0.05, 0) is 13.0 Å². The van der Waals surface area contributed by atoms with Crippen LogP contribution in [0.2, 0.25) is 4.34 Å². The highest BCUT2D eigenvalue weighted by molar-refractivity contribution is 7.22. The molecule has 0 atom stereocenters. The van der Waals surface area contributed by atoms with Gasteiger partial charge in [0.15, 0.2) is 10.0 Å². The highest BCUT2D eigenvalue weighted by Crippen LogP contribution is 2.30. The zero-order chi connectivity index (χ0) is 11.4. The van der Waals surface area contributed by atoms with Crippen LogP contribution in [-0.4, -0.2) is 16.5 Å². The Morgan fingerprint density at radius 2 is 2.31 bits per heavy atom. The minimum absolute atomic E-state index is 0.704. The molecule has 0 bridgehead atoms. The Kier molecular flexibility index (Phi) is 4.29. The Morgan fingerprint density at radius 1 is 1.44 bits per heavy atom. The second kappa shape index (κ2) is 5.72. The van der Waals surface area contributed by atoms with Crippen LogP contribution in [0.4, 0.5) is 0 Å². The third kappa shape index (κ3) is 3.01. The molecule has 2 aromatic heterocycles. The summed E-state index contributed by atoms with van der Waals surface area (Å²) in [7, 11) is 0. The standard InChI is InChI=1S/C10H12ClN3S2/c1-2-3-12-4-7-6-15-10(14-7)9-13-5-8(11)16-9/h5-6,12H,2-4H2,1H3. The predicted molar refractivity (Wildman–Crippen MR) is 70.2 cm³/mol. The minimum Gasteiger partial charge on any atom is -0.311 e. The summed E-state index contributed by atoms with van der Waals surface area (Å²) >= 11 is 8.92. The van der Waals surface area contributed by atoms with Crippen LogP contribution in [0.1, 0.15) is 19.0 Å². The van der Waals surface area contributed by atoms with E-state index in [0.717, 1.165) is 35.2 Å². The molecular formula is C10H12ClN3S2. The van der Waals surface area contributed by atoms with Gasteiger partial charge in [-0.2, -0.15) is 0 Å². The van der Waals surface area contributed by atoms with E-state index in [1.54, 1.807) is 17.5 Å². The molecule has 2 heterocycles. The molecule has 0 aliphatic carbocycles. The smallest absolute Gasteiger partial charge is 0.153 e. The van der Waals surface area contributed by atoms with Gasteiger partial charge in [-0.15, -0.1) is 11.3 Å². The highest BCUT2D eigenvalue weighted by atomic mass is 35.5. The zero-order valence-electron chi connectivity index (χ0n) is 8.86. The average Bonchev–Trinajstić information content (AvgIpc) is 2.87. The lowest BCUT2D eigenvalue weighted by atomic mass is 10.4. The monoisotopic (exact) mass is 273 g/mol. The molecule has 0 saturated carbocycles. The number of hydrogen-bond donors (Lipinski definition) is 1. The first-order valence-electron chi connectivity index (χ1n) is 5.06. The maximum Gasteiger partial charge on any atom is 0.153 e. The molecule has 1 N–H and O–H groups in total. The largest absolute Gasteiger partial charge is 0.311 e. The van der Waals surface area contributed by atoms with Gasteiger partial charge in [-0.3, -0.25) is 0 Å². The summed E-state index contributed by atoms with van der Waals surface area (Å²) in [6, 6.07) is 0. The third-order valence-electron chi connectivity index (χ3n) is 1.95.